The number of methoxy groups -OCH3 is 2. The fourth-order valence-corrected chi connectivity index (χ4v) is 3.20. The van der Waals surface area contributed by atoms with Crippen molar-refractivity contribution in [1.82, 2.24) is 9.66 Å². The number of halogens is 1. The average molecular weight is 490 g/mol. The van der Waals surface area contributed by atoms with Crippen molar-refractivity contribution < 1.29 is 24.1 Å². The molecular weight excluding hydrogens is 470 g/mol. The van der Waals surface area contributed by atoms with Gasteiger partial charge < -0.3 is 19.3 Å². The second-order valence-electron chi connectivity index (χ2n) is 6.53. The predicted molar refractivity (Wildman–Crippen MR) is 119 cm³/mol. The predicted octanol–water partition coefficient (Wildman–Crippen LogP) is 3.22. The van der Waals surface area contributed by atoms with E-state index in [0.717, 1.165) is 4.47 Å². The van der Waals surface area contributed by atoms with Gasteiger partial charge in [-0.25, -0.2) is 9.78 Å². The smallest absolute Gasteiger partial charge is 0.344 e. The van der Waals surface area contributed by atoms with E-state index in [2.05, 4.69) is 26.0 Å². The molecule has 0 saturated heterocycles. The number of ether oxygens (including phenoxy) is 3. The number of carboxylic acids is 1. The maximum atomic E-state index is 12.9. The molecule has 10 heteroatoms. The number of benzene rings is 2. The summed E-state index contributed by atoms with van der Waals surface area (Å²) in [4.78, 5) is 28.4. The van der Waals surface area contributed by atoms with E-state index in [1.54, 1.807) is 31.2 Å². The first-order valence-electron chi connectivity index (χ1n) is 9.14. The summed E-state index contributed by atoms with van der Waals surface area (Å²) in [5.41, 5.74) is 0.813. The van der Waals surface area contributed by atoms with Crippen LogP contribution >= 0.6 is 15.9 Å². The molecule has 3 aromatic rings. The van der Waals surface area contributed by atoms with E-state index in [1.165, 1.54) is 32.0 Å². The summed E-state index contributed by atoms with van der Waals surface area (Å²) in [5, 5.41) is 13.8. The lowest BCUT2D eigenvalue weighted by Crippen LogP contribution is -2.23. The molecule has 1 N–H and O–H groups in total. The first-order valence-corrected chi connectivity index (χ1v) is 9.93. The van der Waals surface area contributed by atoms with Crippen LogP contribution in [0.3, 0.4) is 0 Å². The molecule has 0 unspecified atom stereocenters. The van der Waals surface area contributed by atoms with Gasteiger partial charge in [0, 0.05) is 10.0 Å². The number of aryl methyl sites for hydroxylation is 1. The van der Waals surface area contributed by atoms with E-state index < -0.39 is 12.1 Å². The molecule has 0 amide bonds. The zero-order chi connectivity index (χ0) is 22.7. The summed E-state index contributed by atoms with van der Waals surface area (Å²) < 4.78 is 18.1. The van der Waals surface area contributed by atoms with Gasteiger partial charge in [0.15, 0.2) is 17.6 Å². The Hall–Kier alpha value is -3.40. The third kappa shape index (κ3) is 4.69. The van der Waals surface area contributed by atoms with Crippen LogP contribution in [0, 0.1) is 6.92 Å². The third-order valence-electron chi connectivity index (χ3n) is 4.42. The number of rotatable bonds is 7. The van der Waals surface area contributed by atoms with Crippen molar-refractivity contribution in [3.63, 3.8) is 0 Å². The first kappa shape index (κ1) is 22.3. The summed E-state index contributed by atoms with van der Waals surface area (Å²) in [5.74, 6) is -0.0232. The quantitative estimate of drug-likeness (QED) is 0.506. The molecule has 162 valence electrons. The molecule has 0 radical (unpaired) electrons. The Balaban J connectivity index is 2.05. The van der Waals surface area contributed by atoms with Gasteiger partial charge in [-0.3, -0.25) is 4.79 Å². The molecule has 3 rings (SSSR count). The minimum atomic E-state index is -1.12. The van der Waals surface area contributed by atoms with Crippen LogP contribution in [0.5, 0.6) is 17.2 Å². The largest absolute Gasteiger partial charge is 0.493 e. The van der Waals surface area contributed by atoms with E-state index in [0.29, 0.717) is 22.3 Å². The number of aromatic nitrogens is 2. The molecule has 1 atom stereocenters. The zero-order valence-electron chi connectivity index (χ0n) is 17.2. The number of carbonyl (C=O) groups is 1. The van der Waals surface area contributed by atoms with E-state index in [-0.39, 0.29) is 22.8 Å². The van der Waals surface area contributed by atoms with E-state index in [4.69, 9.17) is 19.3 Å². The van der Waals surface area contributed by atoms with Crippen LogP contribution < -0.4 is 19.8 Å². The molecule has 0 aliphatic carbocycles. The number of aliphatic carboxylic acids is 1. The maximum Gasteiger partial charge on any atom is 0.344 e. The van der Waals surface area contributed by atoms with E-state index >= 15 is 0 Å². The Morgan fingerprint density at radius 2 is 1.87 bits per heavy atom. The summed E-state index contributed by atoms with van der Waals surface area (Å²) in [6.45, 7) is 3.09. The van der Waals surface area contributed by atoms with E-state index in [9.17, 15) is 9.59 Å². The van der Waals surface area contributed by atoms with Gasteiger partial charge in [-0.1, -0.05) is 15.9 Å². The van der Waals surface area contributed by atoms with Crippen molar-refractivity contribution in [2.75, 3.05) is 14.2 Å². The lowest BCUT2D eigenvalue weighted by molar-refractivity contribution is -0.144. The number of hydrogen-bond acceptors (Lipinski definition) is 7. The highest BCUT2D eigenvalue weighted by atomic mass is 79.9. The molecule has 1 heterocycles. The van der Waals surface area contributed by atoms with Crippen LogP contribution in [0.2, 0.25) is 0 Å². The lowest BCUT2D eigenvalue weighted by Gasteiger charge is -2.17. The van der Waals surface area contributed by atoms with Crippen LogP contribution in [0.25, 0.3) is 10.9 Å². The number of fused-ring (bicyclic) bond motifs is 1. The van der Waals surface area contributed by atoms with Gasteiger partial charge in [-0.05, 0) is 44.2 Å². The van der Waals surface area contributed by atoms with Gasteiger partial charge in [-0.15, -0.1) is 0 Å². The summed E-state index contributed by atoms with van der Waals surface area (Å²) in [7, 11) is 2.85. The Labute approximate surface area is 186 Å². The number of hydrogen-bond donors (Lipinski definition) is 1. The van der Waals surface area contributed by atoms with Crippen molar-refractivity contribution in [3.8, 4) is 17.2 Å². The minimum absolute atomic E-state index is 0.155. The summed E-state index contributed by atoms with van der Waals surface area (Å²) in [6.07, 6.45) is 0.349. The lowest BCUT2D eigenvalue weighted by atomic mass is 10.2. The zero-order valence-corrected chi connectivity index (χ0v) is 18.8. The topological polar surface area (TPSA) is 112 Å². The average Bonchev–Trinajstić information content (AvgIpc) is 2.74. The SMILES string of the molecule is COc1cc(C=Nn2c(C)nc3ccc(Br)cc3c2=O)cc(OC)c1O[C@H](C)C(=O)O. The molecule has 0 bridgehead atoms. The molecule has 0 spiro atoms. The summed E-state index contributed by atoms with van der Waals surface area (Å²) >= 11 is 3.36. The molecule has 9 nitrogen and oxygen atoms in total. The number of carboxylic acid groups (broad SMARTS) is 1. The fraction of sp³-hybridized carbons (Fsp3) is 0.238. The second kappa shape index (κ2) is 9.17. The molecule has 0 aliphatic heterocycles. The van der Waals surface area contributed by atoms with Crippen molar-refractivity contribution in [3.05, 3.63) is 56.5 Å². The molecule has 0 saturated carbocycles. The van der Waals surface area contributed by atoms with Crippen LogP contribution in [-0.4, -0.2) is 47.3 Å². The molecule has 31 heavy (non-hydrogen) atoms. The highest BCUT2D eigenvalue weighted by Crippen LogP contribution is 2.39. The Morgan fingerprint density at radius 3 is 2.45 bits per heavy atom. The van der Waals surface area contributed by atoms with Crippen LogP contribution in [0.15, 0.2) is 44.7 Å². The van der Waals surface area contributed by atoms with Gasteiger partial charge in [0.25, 0.3) is 5.56 Å². The molecule has 1 aromatic heterocycles. The first-order chi connectivity index (χ1) is 14.7. The normalized spacial score (nSPS) is 12.2. The number of nitrogens with zero attached hydrogens (tertiary/aromatic N) is 3. The van der Waals surface area contributed by atoms with Crippen molar-refractivity contribution in [2.45, 2.75) is 20.0 Å². The Bertz CT molecular complexity index is 1210. The molecule has 2 aromatic carbocycles. The van der Waals surface area contributed by atoms with Gasteiger partial charge in [0.05, 0.1) is 31.3 Å². The molecule has 0 fully saturated rings. The van der Waals surface area contributed by atoms with Crippen molar-refractivity contribution in [2.24, 2.45) is 5.10 Å². The molecule has 0 aliphatic rings. The van der Waals surface area contributed by atoms with E-state index in [1.807, 2.05) is 6.07 Å². The maximum absolute atomic E-state index is 12.9. The fourth-order valence-electron chi connectivity index (χ4n) is 2.84. The molecular formula is C21H20BrN3O6. The minimum Gasteiger partial charge on any atom is -0.493 e. The third-order valence-corrected chi connectivity index (χ3v) is 4.91. The summed E-state index contributed by atoms with van der Waals surface area (Å²) in [6, 6.07) is 8.46. The Morgan fingerprint density at radius 1 is 1.23 bits per heavy atom. The van der Waals surface area contributed by atoms with Crippen LogP contribution in [-0.2, 0) is 4.79 Å². The second-order valence-corrected chi connectivity index (χ2v) is 7.45. The standard InChI is InChI=1S/C21H20BrN3O6/c1-11(21(27)28)31-19-17(29-3)7-13(8-18(19)30-4)10-23-25-12(2)24-16-6-5-14(22)9-15(16)20(25)26/h5-11H,1-4H3,(H,27,28)/t11-/m1/s1. The van der Waals surface area contributed by atoms with Crippen LogP contribution in [0.1, 0.15) is 18.3 Å². The van der Waals surface area contributed by atoms with Crippen LogP contribution in [0.4, 0.5) is 0 Å². The Kier molecular flexibility index (Phi) is 6.59. The highest BCUT2D eigenvalue weighted by Gasteiger charge is 2.20. The van der Waals surface area contributed by atoms with Gasteiger partial charge in [0.1, 0.15) is 5.82 Å². The van der Waals surface area contributed by atoms with Crippen molar-refractivity contribution in [1.29, 1.82) is 0 Å². The van der Waals surface area contributed by atoms with Gasteiger partial charge in [0.2, 0.25) is 5.75 Å². The van der Waals surface area contributed by atoms with Crippen molar-refractivity contribution >= 4 is 39.0 Å². The van der Waals surface area contributed by atoms with Gasteiger partial charge >= 0.3 is 5.97 Å². The monoisotopic (exact) mass is 489 g/mol. The highest BCUT2D eigenvalue weighted by molar-refractivity contribution is 9.10. The van der Waals surface area contributed by atoms with Gasteiger partial charge in [-0.2, -0.15) is 9.78 Å².